The van der Waals surface area contributed by atoms with Gasteiger partial charge in [-0.3, -0.25) is 0 Å². The summed E-state index contributed by atoms with van der Waals surface area (Å²) in [4.78, 5) is 11.2. The van der Waals surface area contributed by atoms with Crippen LogP contribution in [-0.4, -0.2) is 9.76 Å². The van der Waals surface area contributed by atoms with Crippen molar-refractivity contribution in [3.05, 3.63) is 11.3 Å². The van der Waals surface area contributed by atoms with Gasteiger partial charge in [-0.25, -0.2) is 4.79 Å². The Balaban J connectivity index is 2.64. The van der Waals surface area contributed by atoms with E-state index < -0.39 is 9.76 Å². The highest BCUT2D eigenvalue weighted by Crippen LogP contribution is 2.31. The maximum atomic E-state index is 11.2. The fourth-order valence-electron chi connectivity index (χ4n) is 1.34. The zero-order valence-corrected chi connectivity index (χ0v) is 10.0. The first-order valence-electron chi connectivity index (χ1n) is 4.39. The van der Waals surface area contributed by atoms with Crippen LogP contribution in [0.4, 0.5) is 0 Å². The van der Waals surface area contributed by atoms with Gasteiger partial charge in [0.1, 0.15) is 5.76 Å². The summed E-state index contributed by atoms with van der Waals surface area (Å²) in [6, 6.07) is 0. The fraction of sp³-hybridized carbons (Fsp3) is 0.667. The lowest BCUT2D eigenvalue weighted by atomic mass is 9.99. The van der Waals surface area contributed by atoms with Crippen LogP contribution in [0.5, 0.6) is 0 Å². The summed E-state index contributed by atoms with van der Waals surface area (Å²) in [6.45, 7) is 1.93. The van der Waals surface area contributed by atoms with Crippen molar-refractivity contribution in [2.24, 2.45) is 0 Å². The Bertz CT molecular complexity index is 266. The van der Waals surface area contributed by atoms with E-state index in [1.54, 1.807) is 0 Å². The van der Waals surface area contributed by atoms with Crippen molar-refractivity contribution in [2.75, 3.05) is 0 Å². The van der Waals surface area contributed by atoms with Gasteiger partial charge in [-0.05, 0) is 31.8 Å². The standard InChI is InChI=1S/C9H11Cl3O2/c1-6-4-2-3-5-7(6)14-8(13)9(10,11)12/h2-5H2,1H3. The first kappa shape index (κ1) is 12.2. The molecule has 2 nitrogen and oxygen atoms in total. The van der Waals surface area contributed by atoms with Crippen molar-refractivity contribution in [1.29, 1.82) is 0 Å². The molecule has 80 valence electrons. The normalized spacial score (nSPS) is 18.3. The summed E-state index contributed by atoms with van der Waals surface area (Å²) < 4.78 is 3.03. The highest BCUT2D eigenvalue weighted by molar-refractivity contribution is 6.75. The summed E-state index contributed by atoms with van der Waals surface area (Å²) in [5.74, 6) is -0.161. The molecule has 0 saturated heterocycles. The highest BCUT2D eigenvalue weighted by atomic mass is 35.6. The van der Waals surface area contributed by atoms with Gasteiger partial charge in [0, 0.05) is 6.42 Å². The fourth-order valence-corrected chi connectivity index (χ4v) is 1.45. The van der Waals surface area contributed by atoms with Crippen molar-refractivity contribution in [2.45, 2.75) is 36.4 Å². The maximum absolute atomic E-state index is 11.2. The number of allylic oxidation sites excluding steroid dienone is 2. The molecule has 0 aliphatic heterocycles. The maximum Gasteiger partial charge on any atom is 0.363 e. The summed E-state index contributed by atoms with van der Waals surface area (Å²) >= 11 is 16.2. The second kappa shape index (κ2) is 4.73. The van der Waals surface area contributed by atoms with Crippen LogP contribution in [0.3, 0.4) is 0 Å². The van der Waals surface area contributed by atoms with E-state index >= 15 is 0 Å². The largest absolute Gasteiger partial charge is 0.428 e. The van der Waals surface area contributed by atoms with Crippen molar-refractivity contribution >= 4 is 40.8 Å². The average Bonchev–Trinajstić information content (AvgIpc) is 2.07. The van der Waals surface area contributed by atoms with Crippen LogP contribution in [0.1, 0.15) is 32.6 Å². The second-order valence-corrected chi connectivity index (χ2v) is 5.58. The Morgan fingerprint density at radius 3 is 2.36 bits per heavy atom. The number of carbonyl (C=O) groups excluding carboxylic acids is 1. The first-order chi connectivity index (χ1) is 6.41. The number of rotatable bonds is 1. The minimum absolute atomic E-state index is 0.660. The van der Waals surface area contributed by atoms with E-state index in [1.165, 1.54) is 0 Å². The van der Waals surface area contributed by atoms with Gasteiger partial charge in [-0.2, -0.15) is 0 Å². The molecule has 0 saturated carbocycles. The molecular weight excluding hydrogens is 246 g/mol. The molecule has 0 aromatic heterocycles. The van der Waals surface area contributed by atoms with Crippen LogP contribution in [0.15, 0.2) is 11.3 Å². The van der Waals surface area contributed by atoms with Crippen LogP contribution < -0.4 is 0 Å². The van der Waals surface area contributed by atoms with Crippen LogP contribution in [0.2, 0.25) is 0 Å². The molecule has 14 heavy (non-hydrogen) atoms. The third kappa shape index (κ3) is 3.34. The van der Waals surface area contributed by atoms with Gasteiger partial charge in [0.2, 0.25) is 0 Å². The minimum Gasteiger partial charge on any atom is -0.428 e. The third-order valence-corrected chi connectivity index (χ3v) is 2.59. The SMILES string of the molecule is CC1=C(OC(=O)C(Cl)(Cl)Cl)CCCC1. The lowest BCUT2D eigenvalue weighted by molar-refractivity contribution is -0.138. The zero-order chi connectivity index (χ0) is 10.8. The van der Waals surface area contributed by atoms with Crippen molar-refractivity contribution in [1.82, 2.24) is 0 Å². The van der Waals surface area contributed by atoms with E-state index in [0.29, 0.717) is 5.76 Å². The molecule has 0 N–H and O–H groups in total. The van der Waals surface area contributed by atoms with E-state index in [9.17, 15) is 4.79 Å². The number of hydrogen-bond donors (Lipinski definition) is 0. The summed E-state index contributed by atoms with van der Waals surface area (Å²) in [5.41, 5.74) is 1.07. The molecule has 5 heteroatoms. The monoisotopic (exact) mass is 256 g/mol. The van der Waals surface area contributed by atoms with E-state index in [0.717, 1.165) is 31.3 Å². The van der Waals surface area contributed by atoms with Crippen LogP contribution in [0.25, 0.3) is 0 Å². The molecule has 1 aliphatic carbocycles. The third-order valence-electron chi connectivity index (χ3n) is 2.13. The Morgan fingerprint density at radius 1 is 1.29 bits per heavy atom. The summed E-state index contributed by atoms with van der Waals surface area (Å²) in [7, 11) is 0. The average molecular weight is 258 g/mol. The predicted molar refractivity (Wildman–Crippen MR) is 57.6 cm³/mol. The van der Waals surface area contributed by atoms with Gasteiger partial charge >= 0.3 is 5.97 Å². The molecule has 0 fully saturated rings. The molecule has 1 rings (SSSR count). The van der Waals surface area contributed by atoms with Gasteiger partial charge in [-0.15, -0.1) is 0 Å². The Morgan fingerprint density at radius 2 is 1.86 bits per heavy atom. The topological polar surface area (TPSA) is 26.3 Å². The molecular formula is C9H11Cl3O2. The number of esters is 1. The molecule has 0 bridgehead atoms. The Kier molecular flexibility index (Phi) is 4.11. The van der Waals surface area contributed by atoms with Gasteiger partial charge in [0.25, 0.3) is 3.79 Å². The van der Waals surface area contributed by atoms with Gasteiger partial charge in [0.15, 0.2) is 0 Å². The van der Waals surface area contributed by atoms with Gasteiger partial charge in [-0.1, -0.05) is 34.8 Å². The van der Waals surface area contributed by atoms with Crippen molar-refractivity contribution in [3.63, 3.8) is 0 Å². The highest BCUT2D eigenvalue weighted by Gasteiger charge is 2.34. The molecule has 1 aliphatic rings. The van der Waals surface area contributed by atoms with E-state index in [2.05, 4.69) is 0 Å². The van der Waals surface area contributed by atoms with E-state index in [1.807, 2.05) is 6.92 Å². The summed E-state index contributed by atoms with van der Waals surface area (Å²) in [6.07, 6.45) is 3.83. The number of ether oxygens (including phenoxy) is 1. The number of alkyl halides is 3. The quantitative estimate of drug-likeness (QED) is 0.528. The first-order valence-corrected chi connectivity index (χ1v) is 5.52. The molecule has 0 unspecified atom stereocenters. The molecule has 0 aromatic rings. The lowest BCUT2D eigenvalue weighted by Crippen LogP contribution is -2.22. The predicted octanol–water partition coefficient (Wildman–Crippen LogP) is 3.75. The Hall–Kier alpha value is 0.0800. The number of carbonyl (C=O) groups is 1. The Labute approximate surface area is 98.1 Å². The molecule has 0 radical (unpaired) electrons. The second-order valence-electron chi connectivity index (χ2n) is 3.30. The van der Waals surface area contributed by atoms with Gasteiger partial charge < -0.3 is 4.74 Å². The van der Waals surface area contributed by atoms with Crippen LogP contribution >= 0.6 is 34.8 Å². The molecule has 0 heterocycles. The summed E-state index contributed by atoms with van der Waals surface area (Å²) in [5, 5.41) is 0. The van der Waals surface area contributed by atoms with E-state index in [4.69, 9.17) is 39.5 Å². The molecule has 0 atom stereocenters. The molecule has 0 amide bonds. The van der Waals surface area contributed by atoms with Crippen LogP contribution in [-0.2, 0) is 9.53 Å². The lowest BCUT2D eigenvalue weighted by Gasteiger charge is -2.19. The van der Waals surface area contributed by atoms with Crippen LogP contribution in [0, 0.1) is 0 Å². The number of halogens is 3. The smallest absolute Gasteiger partial charge is 0.363 e. The van der Waals surface area contributed by atoms with Crippen molar-refractivity contribution in [3.8, 4) is 0 Å². The molecule has 0 aromatic carbocycles. The van der Waals surface area contributed by atoms with E-state index in [-0.39, 0.29) is 0 Å². The molecule has 0 spiro atoms. The van der Waals surface area contributed by atoms with Gasteiger partial charge in [0.05, 0.1) is 0 Å². The zero-order valence-electron chi connectivity index (χ0n) is 7.78. The minimum atomic E-state index is -1.98. The van der Waals surface area contributed by atoms with Crippen molar-refractivity contribution < 1.29 is 9.53 Å². The number of hydrogen-bond acceptors (Lipinski definition) is 2.